The van der Waals surface area contributed by atoms with Gasteiger partial charge in [-0.1, -0.05) is 13.0 Å². The molecule has 1 aromatic rings. The number of hydrogen-bond acceptors (Lipinski definition) is 4. The van der Waals surface area contributed by atoms with E-state index in [1.165, 1.54) is 13.0 Å². The van der Waals surface area contributed by atoms with Crippen LogP contribution in [0.3, 0.4) is 0 Å². The van der Waals surface area contributed by atoms with Crippen molar-refractivity contribution in [2.45, 2.75) is 44.2 Å². The predicted octanol–water partition coefficient (Wildman–Crippen LogP) is 2.72. The molecule has 0 bridgehead atoms. The Morgan fingerprint density at radius 3 is 2.81 bits per heavy atom. The van der Waals surface area contributed by atoms with Crippen molar-refractivity contribution in [2.75, 3.05) is 26.7 Å². The minimum Gasteiger partial charge on any atom is -0.497 e. The van der Waals surface area contributed by atoms with Gasteiger partial charge in [0, 0.05) is 37.2 Å². The van der Waals surface area contributed by atoms with Crippen LogP contribution >= 0.6 is 0 Å². The van der Waals surface area contributed by atoms with E-state index in [2.05, 4.69) is 11.8 Å². The molecule has 2 N–H and O–H groups in total. The molecule has 0 unspecified atom stereocenters. The quantitative estimate of drug-likeness (QED) is 0.930. The summed E-state index contributed by atoms with van der Waals surface area (Å²) in [6.45, 7) is 5.65. The Labute approximate surface area is 127 Å². The van der Waals surface area contributed by atoms with Crippen molar-refractivity contribution < 1.29 is 9.47 Å². The number of nitrogens with two attached hydrogens (primary N) is 1. The van der Waals surface area contributed by atoms with E-state index < -0.39 is 0 Å². The Kier molecular flexibility index (Phi) is 4.09. The van der Waals surface area contributed by atoms with Crippen LogP contribution in [0.4, 0.5) is 0 Å². The van der Waals surface area contributed by atoms with Crippen LogP contribution in [-0.2, 0) is 0 Å². The molecule has 1 atom stereocenters. The van der Waals surface area contributed by atoms with Gasteiger partial charge >= 0.3 is 0 Å². The Bertz CT molecular complexity index is 496. The van der Waals surface area contributed by atoms with Crippen molar-refractivity contribution in [1.29, 1.82) is 0 Å². The molecular formula is C17H26N2O2. The standard InChI is InChI=1S/C17H26N2O2/c1-3-8-19-9-6-17(7-10-19)12-15(18)14-5-4-13(20-2)11-16(14)21-17/h4-5,11,15H,3,6-10,12,18H2,1-2H3/t15-/m0/s1. The van der Waals surface area contributed by atoms with Crippen molar-refractivity contribution in [3.63, 3.8) is 0 Å². The van der Waals surface area contributed by atoms with E-state index in [1.54, 1.807) is 7.11 Å². The number of hydrogen-bond donors (Lipinski definition) is 1. The van der Waals surface area contributed by atoms with Crippen molar-refractivity contribution in [1.82, 2.24) is 4.90 Å². The Hall–Kier alpha value is -1.26. The van der Waals surface area contributed by atoms with E-state index in [0.717, 1.165) is 49.4 Å². The molecule has 1 aromatic carbocycles. The molecule has 4 heteroatoms. The van der Waals surface area contributed by atoms with E-state index in [0.29, 0.717) is 0 Å². The molecule has 0 aliphatic carbocycles. The Morgan fingerprint density at radius 2 is 2.14 bits per heavy atom. The third-order valence-corrected chi connectivity index (χ3v) is 4.85. The van der Waals surface area contributed by atoms with E-state index in [4.69, 9.17) is 15.2 Å². The number of benzene rings is 1. The number of rotatable bonds is 3. The normalized spacial score (nSPS) is 24.4. The number of nitrogens with zero attached hydrogens (tertiary/aromatic N) is 1. The van der Waals surface area contributed by atoms with Gasteiger partial charge in [-0.15, -0.1) is 0 Å². The van der Waals surface area contributed by atoms with Crippen molar-refractivity contribution in [3.05, 3.63) is 23.8 Å². The van der Waals surface area contributed by atoms with E-state index in [-0.39, 0.29) is 11.6 Å². The van der Waals surface area contributed by atoms with E-state index in [1.807, 2.05) is 18.2 Å². The van der Waals surface area contributed by atoms with Gasteiger partial charge in [-0.25, -0.2) is 0 Å². The molecule has 0 saturated carbocycles. The molecule has 0 aromatic heterocycles. The van der Waals surface area contributed by atoms with E-state index in [9.17, 15) is 0 Å². The summed E-state index contributed by atoms with van der Waals surface area (Å²) < 4.78 is 11.7. The molecule has 4 nitrogen and oxygen atoms in total. The van der Waals surface area contributed by atoms with Crippen LogP contribution in [0.5, 0.6) is 11.5 Å². The second-order valence-electron chi connectivity index (χ2n) is 6.34. The molecule has 0 amide bonds. The van der Waals surface area contributed by atoms with Crippen LogP contribution in [0.15, 0.2) is 18.2 Å². The molecule has 2 aliphatic heterocycles. The van der Waals surface area contributed by atoms with Gasteiger partial charge in [0.2, 0.25) is 0 Å². The monoisotopic (exact) mass is 290 g/mol. The fraction of sp³-hybridized carbons (Fsp3) is 0.647. The SMILES string of the molecule is CCCN1CCC2(CC1)C[C@H](N)c1ccc(OC)cc1O2. The first-order valence-electron chi connectivity index (χ1n) is 8.01. The summed E-state index contributed by atoms with van der Waals surface area (Å²) in [5.41, 5.74) is 7.43. The molecular weight excluding hydrogens is 264 g/mol. The van der Waals surface area contributed by atoms with Crippen molar-refractivity contribution in [3.8, 4) is 11.5 Å². The summed E-state index contributed by atoms with van der Waals surface area (Å²) in [6, 6.07) is 6.05. The van der Waals surface area contributed by atoms with Gasteiger partial charge in [0.05, 0.1) is 7.11 Å². The molecule has 116 valence electrons. The summed E-state index contributed by atoms with van der Waals surface area (Å²) in [5, 5.41) is 0. The van der Waals surface area contributed by atoms with Gasteiger partial charge in [-0.2, -0.15) is 0 Å². The third-order valence-electron chi connectivity index (χ3n) is 4.85. The Balaban J connectivity index is 1.78. The number of likely N-dealkylation sites (tertiary alicyclic amines) is 1. The zero-order valence-electron chi connectivity index (χ0n) is 13.1. The zero-order valence-corrected chi connectivity index (χ0v) is 13.1. The minimum atomic E-state index is -0.0803. The summed E-state index contributed by atoms with van der Waals surface area (Å²) in [4.78, 5) is 2.53. The van der Waals surface area contributed by atoms with Gasteiger partial charge in [-0.3, -0.25) is 0 Å². The molecule has 1 spiro atoms. The molecule has 2 aliphatic rings. The average molecular weight is 290 g/mol. The maximum absolute atomic E-state index is 6.41. The average Bonchev–Trinajstić information content (AvgIpc) is 2.49. The van der Waals surface area contributed by atoms with Crippen LogP contribution in [0.25, 0.3) is 0 Å². The highest BCUT2D eigenvalue weighted by molar-refractivity contribution is 5.44. The number of ether oxygens (including phenoxy) is 2. The van der Waals surface area contributed by atoms with Crippen molar-refractivity contribution >= 4 is 0 Å². The molecule has 0 radical (unpaired) electrons. The largest absolute Gasteiger partial charge is 0.497 e. The summed E-state index contributed by atoms with van der Waals surface area (Å²) in [5.74, 6) is 1.75. The number of piperidine rings is 1. The maximum Gasteiger partial charge on any atom is 0.128 e. The summed E-state index contributed by atoms with van der Waals surface area (Å²) in [6.07, 6.45) is 4.27. The van der Waals surface area contributed by atoms with Crippen LogP contribution in [-0.4, -0.2) is 37.2 Å². The first-order chi connectivity index (χ1) is 10.2. The van der Waals surface area contributed by atoms with Crippen LogP contribution < -0.4 is 15.2 Å². The second-order valence-corrected chi connectivity index (χ2v) is 6.34. The lowest BCUT2D eigenvalue weighted by Crippen LogP contribution is -2.51. The highest BCUT2D eigenvalue weighted by Gasteiger charge is 2.42. The third kappa shape index (κ3) is 2.87. The topological polar surface area (TPSA) is 47.7 Å². The molecule has 1 fully saturated rings. The number of fused-ring (bicyclic) bond motifs is 1. The molecule has 1 saturated heterocycles. The van der Waals surface area contributed by atoms with Crippen LogP contribution in [0, 0.1) is 0 Å². The zero-order chi connectivity index (χ0) is 14.9. The van der Waals surface area contributed by atoms with Crippen molar-refractivity contribution in [2.24, 2.45) is 5.73 Å². The van der Waals surface area contributed by atoms with Crippen LogP contribution in [0.1, 0.15) is 44.2 Å². The fourth-order valence-electron chi connectivity index (χ4n) is 3.63. The number of methoxy groups -OCH3 is 1. The first kappa shape index (κ1) is 14.7. The highest BCUT2D eigenvalue weighted by Crippen LogP contribution is 2.44. The lowest BCUT2D eigenvalue weighted by Gasteiger charge is -2.46. The lowest BCUT2D eigenvalue weighted by atomic mass is 9.81. The van der Waals surface area contributed by atoms with Gasteiger partial charge in [0.25, 0.3) is 0 Å². The van der Waals surface area contributed by atoms with E-state index >= 15 is 0 Å². The molecule has 2 heterocycles. The first-order valence-corrected chi connectivity index (χ1v) is 8.01. The predicted molar refractivity (Wildman–Crippen MR) is 83.9 cm³/mol. The molecule has 21 heavy (non-hydrogen) atoms. The summed E-state index contributed by atoms with van der Waals surface area (Å²) in [7, 11) is 1.68. The molecule has 3 rings (SSSR count). The van der Waals surface area contributed by atoms with Crippen LogP contribution in [0.2, 0.25) is 0 Å². The van der Waals surface area contributed by atoms with Gasteiger partial charge in [0.15, 0.2) is 0 Å². The Morgan fingerprint density at radius 1 is 1.38 bits per heavy atom. The fourth-order valence-corrected chi connectivity index (χ4v) is 3.63. The summed E-state index contributed by atoms with van der Waals surface area (Å²) >= 11 is 0. The smallest absolute Gasteiger partial charge is 0.128 e. The highest BCUT2D eigenvalue weighted by atomic mass is 16.5. The minimum absolute atomic E-state index is 0.0670. The van der Waals surface area contributed by atoms with Gasteiger partial charge in [-0.05, 0) is 31.9 Å². The maximum atomic E-state index is 6.41. The second kappa shape index (κ2) is 5.85. The lowest BCUT2D eigenvalue weighted by molar-refractivity contribution is -0.0217. The van der Waals surface area contributed by atoms with Gasteiger partial charge in [0.1, 0.15) is 17.1 Å². The van der Waals surface area contributed by atoms with Gasteiger partial charge < -0.3 is 20.1 Å².